The lowest BCUT2D eigenvalue weighted by Crippen LogP contribution is -2.62. The van der Waals surface area contributed by atoms with Crippen LogP contribution >= 0.6 is 0 Å². The van der Waals surface area contributed by atoms with Gasteiger partial charge in [-0.25, -0.2) is 0 Å². The quantitative estimate of drug-likeness (QED) is 0.692. The van der Waals surface area contributed by atoms with Crippen LogP contribution in [0.5, 0.6) is 0 Å². The minimum atomic E-state index is 0.0937. The van der Waals surface area contributed by atoms with Gasteiger partial charge in [-0.2, -0.15) is 0 Å². The van der Waals surface area contributed by atoms with Gasteiger partial charge in [-0.3, -0.25) is 4.79 Å². The normalized spacial score (nSPS) is 29.5. The molecule has 82 valence electrons. The van der Waals surface area contributed by atoms with Crippen molar-refractivity contribution in [2.24, 2.45) is 5.41 Å². The number of nitrogens with zero attached hydrogens (tertiary/aromatic N) is 1. The van der Waals surface area contributed by atoms with Crippen LogP contribution in [0.25, 0.3) is 0 Å². The van der Waals surface area contributed by atoms with E-state index >= 15 is 0 Å². The Labute approximate surface area is 86.4 Å². The van der Waals surface area contributed by atoms with Crippen molar-refractivity contribution in [3.8, 4) is 0 Å². The first-order valence-electron chi connectivity index (χ1n) is 5.26. The molecule has 1 fully saturated rings. The van der Waals surface area contributed by atoms with E-state index in [0.29, 0.717) is 12.1 Å². The Morgan fingerprint density at radius 3 is 2.50 bits per heavy atom. The molecule has 0 radical (unpaired) electrons. The molecule has 1 rings (SSSR count). The van der Waals surface area contributed by atoms with Gasteiger partial charge in [-0.05, 0) is 13.3 Å². The van der Waals surface area contributed by atoms with Crippen LogP contribution in [-0.4, -0.2) is 36.6 Å². The molecule has 1 amide bonds. The van der Waals surface area contributed by atoms with Gasteiger partial charge in [-0.1, -0.05) is 13.8 Å². The highest BCUT2D eigenvalue weighted by atomic mass is 16.5. The fraction of sp³-hybridized carbons (Fsp3) is 0.909. The molecular formula is C11H21NO2. The predicted octanol–water partition coefficient (Wildman–Crippen LogP) is 1.67. The second-order valence-electron chi connectivity index (χ2n) is 4.65. The third-order valence-corrected chi connectivity index (χ3v) is 3.46. The third kappa shape index (κ3) is 1.78. The van der Waals surface area contributed by atoms with Crippen LogP contribution in [-0.2, 0) is 9.53 Å². The zero-order valence-electron chi connectivity index (χ0n) is 9.83. The van der Waals surface area contributed by atoms with Gasteiger partial charge in [0.25, 0.3) is 0 Å². The van der Waals surface area contributed by atoms with Gasteiger partial charge in [-0.15, -0.1) is 0 Å². The fourth-order valence-corrected chi connectivity index (χ4v) is 2.23. The molecule has 1 aliphatic rings. The number of carbonyl (C=O) groups is 1. The van der Waals surface area contributed by atoms with Gasteiger partial charge in [0.1, 0.15) is 0 Å². The van der Waals surface area contributed by atoms with E-state index in [1.165, 1.54) is 0 Å². The summed E-state index contributed by atoms with van der Waals surface area (Å²) in [6.45, 7) is 8.72. The molecule has 1 aliphatic carbocycles. The summed E-state index contributed by atoms with van der Waals surface area (Å²) < 4.78 is 5.62. The number of hydrogen-bond donors (Lipinski definition) is 0. The second-order valence-corrected chi connectivity index (χ2v) is 4.65. The number of ether oxygens (including phenoxy) is 1. The summed E-state index contributed by atoms with van der Waals surface area (Å²) in [6, 6.07) is 0.330. The van der Waals surface area contributed by atoms with Crippen LogP contribution in [0.1, 0.15) is 34.1 Å². The van der Waals surface area contributed by atoms with Crippen molar-refractivity contribution in [1.82, 2.24) is 4.90 Å². The van der Waals surface area contributed by atoms with Crippen LogP contribution < -0.4 is 0 Å². The highest BCUT2D eigenvalue weighted by molar-refractivity contribution is 5.73. The van der Waals surface area contributed by atoms with E-state index in [1.54, 1.807) is 6.92 Å². The zero-order chi connectivity index (χ0) is 10.9. The molecule has 3 nitrogen and oxygen atoms in total. The van der Waals surface area contributed by atoms with Crippen LogP contribution in [0.3, 0.4) is 0 Å². The minimum absolute atomic E-state index is 0.0937. The van der Waals surface area contributed by atoms with Gasteiger partial charge in [0.2, 0.25) is 5.91 Å². The van der Waals surface area contributed by atoms with Crippen molar-refractivity contribution < 1.29 is 9.53 Å². The molecule has 0 N–H and O–H groups in total. The third-order valence-electron chi connectivity index (χ3n) is 3.46. The summed E-state index contributed by atoms with van der Waals surface area (Å²) in [6.07, 6.45) is 1.27. The summed E-state index contributed by atoms with van der Waals surface area (Å²) in [5.74, 6) is 0.137. The van der Waals surface area contributed by atoms with Crippen molar-refractivity contribution in [2.75, 3.05) is 13.7 Å². The fourth-order valence-electron chi connectivity index (χ4n) is 2.23. The lowest BCUT2D eigenvalue weighted by Gasteiger charge is -2.54. The first kappa shape index (κ1) is 11.5. The Kier molecular flexibility index (Phi) is 3.20. The number of hydrogen-bond acceptors (Lipinski definition) is 2. The Morgan fingerprint density at radius 1 is 1.57 bits per heavy atom. The number of rotatable bonds is 3. The topological polar surface area (TPSA) is 29.5 Å². The molecule has 2 atom stereocenters. The largest absolute Gasteiger partial charge is 0.378 e. The lowest BCUT2D eigenvalue weighted by atomic mass is 9.64. The maximum atomic E-state index is 11.2. The number of carbonyl (C=O) groups excluding carboxylic acids is 1. The van der Waals surface area contributed by atoms with Crippen LogP contribution in [0.4, 0.5) is 0 Å². The Bertz CT molecular complexity index is 225. The molecule has 0 aromatic carbocycles. The van der Waals surface area contributed by atoms with Crippen LogP contribution in [0.2, 0.25) is 0 Å². The Morgan fingerprint density at radius 2 is 2.14 bits per heavy atom. The Hall–Kier alpha value is -0.570. The first-order chi connectivity index (χ1) is 6.41. The maximum absolute atomic E-state index is 11.2. The summed E-state index contributed by atoms with van der Waals surface area (Å²) in [5, 5.41) is 0. The summed E-state index contributed by atoms with van der Waals surface area (Å²) in [5.41, 5.74) is 0.0937. The molecular weight excluding hydrogens is 178 g/mol. The van der Waals surface area contributed by atoms with Gasteiger partial charge in [0.15, 0.2) is 0 Å². The monoisotopic (exact) mass is 199 g/mol. The maximum Gasteiger partial charge on any atom is 0.219 e. The molecule has 2 unspecified atom stereocenters. The average Bonchev–Trinajstić information content (AvgIpc) is 2.10. The molecule has 1 saturated carbocycles. The molecule has 0 aromatic heterocycles. The highest BCUT2D eigenvalue weighted by Crippen LogP contribution is 2.45. The van der Waals surface area contributed by atoms with Crippen molar-refractivity contribution in [3.05, 3.63) is 0 Å². The van der Waals surface area contributed by atoms with Gasteiger partial charge in [0, 0.05) is 32.0 Å². The Balaban J connectivity index is 2.58. The van der Waals surface area contributed by atoms with Gasteiger partial charge in [0.05, 0.1) is 6.10 Å². The number of amides is 1. The van der Waals surface area contributed by atoms with Crippen molar-refractivity contribution in [2.45, 2.75) is 46.3 Å². The highest BCUT2D eigenvalue weighted by Gasteiger charge is 2.51. The van der Waals surface area contributed by atoms with E-state index in [2.05, 4.69) is 13.8 Å². The van der Waals surface area contributed by atoms with Crippen LogP contribution in [0.15, 0.2) is 0 Å². The predicted molar refractivity (Wildman–Crippen MR) is 56.0 cm³/mol. The average molecular weight is 199 g/mol. The smallest absolute Gasteiger partial charge is 0.219 e. The van der Waals surface area contributed by atoms with Crippen LogP contribution in [0, 0.1) is 5.41 Å². The van der Waals surface area contributed by atoms with Gasteiger partial charge < -0.3 is 9.64 Å². The van der Waals surface area contributed by atoms with Crippen molar-refractivity contribution >= 4 is 5.91 Å². The summed E-state index contributed by atoms with van der Waals surface area (Å²) >= 11 is 0. The molecule has 3 heteroatoms. The standard InChI is InChI=1S/C11H21NO2/c1-6-14-10-7-9(11(10,3)4)12(5)8(2)13/h9-10H,6-7H2,1-5H3. The van der Waals surface area contributed by atoms with E-state index in [1.807, 2.05) is 18.9 Å². The molecule has 14 heavy (non-hydrogen) atoms. The molecule has 0 heterocycles. The summed E-state index contributed by atoms with van der Waals surface area (Å²) in [7, 11) is 1.87. The van der Waals surface area contributed by atoms with E-state index < -0.39 is 0 Å². The molecule has 0 spiro atoms. The van der Waals surface area contributed by atoms with Gasteiger partial charge >= 0.3 is 0 Å². The lowest BCUT2D eigenvalue weighted by molar-refractivity contribution is -0.161. The zero-order valence-corrected chi connectivity index (χ0v) is 9.83. The molecule has 0 saturated heterocycles. The van der Waals surface area contributed by atoms with Crippen molar-refractivity contribution in [3.63, 3.8) is 0 Å². The van der Waals surface area contributed by atoms with E-state index in [4.69, 9.17) is 4.74 Å². The van der Waals surface area contributed by atoms with E-state index in [9.17, 15) is 4.79 Å². The second kappa shape index (κ2) is 3.89. The SMILES string of the molecule is CCOC1CC(N(C)C(C)=O)C1(C)C. The van der Waals surface area contributed by atoms with E-state index in [0.717, 1.165) is 13.0 Å². The first-order valence-corrected chi connectivity index (χ1v) is 5.26. The van der Waals surface area contributed by atoms with Crippen molar-refractivity contribution in [1.29, 1.82) is 0 Å². The summed E-state index contributed by atoms with van der Waals surface area (Å²) in [4.78, 5) is 13.0. The van der Waals surface area contributed by atoms with E-state index in [-0.39, 0.29) is 11.3 Å². The molecule has 0 bridgehead atoms. The molecule has 0 aromatic rings. The molecule has 0 aliphatic heterocycles. The minimum Gasteiger partial charge on any atom is -0.378 e.